The minimum Gasteiger partial charge on any atom is -0.497 e. The largest absolute Gasteiger partial charge is 0.497 e. The third kappa shape index (κ3) is 3.62. The summed E-state index contributed by atoms with van der Waals surface area (Å²) in [5.74, 6) is 0.342. The maximum atomic E-state index is 12.3. The number of hydrogen-bond acceptors (Lipinski definition) is 7. The number of aromatic nitrogens is 4. The summed E-state index contributed by atoms with van der Waals surface area (Å²) in [5, 5.41) is 7.00. The summed E-state index contributed by atoms with van der Waals surface area (Å²) < 4.78 is 6.94. The van der Waals surface area contributed by atoms with Crippen molar-refractivity contribution < 1.29 is 9.53 Å². The molecule has 26 heavy (non-hydrogen) atoms. The highest BCUT2D eigenvalue weighted by Gasteiger charge is 2.17. The Morgan fingerprint density at radius 1 is 1.35 bits per heavy atom. The lowest BCUT2D eigenvalue weighted by molar-refractivity contribution is 0.102. The van der Waals surface area contributed by atoms with Gasteiger partial charge in [0.05, 0.1) is 25.0 Å². The van der Waals surface area contributed by atoms with E-state index in [1.54, 1.807) is 18.0 Å². The van der Waals surface area contributed by atoms with E-state index in [-0.39, 0.29) is 17.6 Å². The second kappa shape index (κ2) is 7.62. The van der Waals surface area contributed by atoms with Crippen LogP contribution in [0.3, 0.4) is 0 Å². The number of nitrogen functional groups attached to an aromatic ring is 1. The lowest BCUT2D eigenvalue weighted by atomic mass is 10.1. The van der Waals surface area contributed by atoms with Crippen molar-refractivity contribution in [1.82, 2.24) is 19.7 Å². The van der Waals surface area contributed by atoms with E-state index in [2.05, 4.69) is 20.4 Å². The van der Waals surface area contributed by atoms with Gasteiger partial charge in [-0.25, -0.2) is 9.97 Å². The van der Waals surface area contributed by atoms with Crippen LogP contribution in [0.15, 0.2) is 49.1 Å². The average Bonchev–Trinajstić information content (AvgIpc) is 3.11. The van der Waals surface area contributed by atoms with Crippen LogP contribution in [0.25, 0.3) is 0 Å². The second-order valence-electron chi connectivity index (χ2n) is 5.48. The van der Waals surface area contributed by atoms with Crippen LogP contribution in [0.4, 0.5) is 11.5 Å². The molecule has 1 aromatic carbocycles. The molecule has 0 aliphatic carbocycles. The summed E-state index contributed by atoms with van der Waals surface area (Å²) in [5.41, 5.74) is 13.1. The number of anilines is 2. The van der Waals surface area contributed by atoms with Crippen molar-refractivity contribution in [2.75, 3.05) is 24.7 Å². The Balaban J connectivity index is 1.79. The van der Waals surface area contributed by atoms with E-state index in [0.29, 0.717) is 12.2 Å². The number of methoxy groups -OCH3 is 1. The smallest absolute Gasteiger partial charge is 0.278 e. The van der Waals surface area contributed by atoms with Gasteiger partial charge in [-0.2, -0.15) is 5.10 Å². The Morgan fingerprint density at radius 2 is 2.15 bits per heavy atom. The molecular weight excluding hydrogens is 334 g/mol. The van der Waals surface area contributed by atoms with Crippen LogP contribution in [0, 0.1) is 0 Å². The quantitative estimate of drug-likeness (QED) is 0.603. The van der Waals surface area contributed by atoms with Crippen LogP contribution in [0.2, 0.25) is 0 Å². The molecule has 0 spiro atoms. The summed E-state index contributed by atoms with van der Waals surface area (Å²) in [7, 11) is 1.61. The number of benzene rings is 1. The molecule has 3 aromatic rings. The molecule has 9 nitrogen and oxygen atoms in total. The van der Waals surface area contributed by atoms with Gasteiger partial charge in [-0.15, -0.1) is 0 Å². The Labute approximate surface area is 150 Å². The summed E-state index contributed by atoms with van der Waals surface area (Å²) in [6.07, 6.45) is 6.06. The van der Waals surface area contributed by atoms with Crippen molar-refractivity contribution in [1.29, 1.82) is 0 Å². The number of carbonyl (C=O) groups is 1. The van der Waals surface area contributed by atoms with Gasteiger partial charge in [-0.05, 0) is 17.7 Å². The molecule has 3 rings (SSSR count). The van der Waals surface area contributed by atoms with Gasteiger partial charge >= 0.3 is 0 Å². The van der Waals surface area contributed by atoms with Crippen LogP contribution >= 0.6 is 0 Å². The molecule has 2 aromatic heterocycles. The molecular formula is C17H19N7O2. The van der Waals surface area contributed by atoms with E-state index in [0.717, 1.165) is 11.3 Å². The highest BCUT2D eigenvalue weighted by atomic mass is 16.5. The van der Waals surface area contributed by atoms with E-state index in [4.69, 9.17) is 16.2 Å². The lowest BCUT2D eigenvalue weighted by Gasteiger charge is -2.16. The number of carbonyl (C=O) groups excluding carboxylic acids is 1. The van der Waals surface area contributed by atoms with Gasteiger partial charge in [0.2, 0.25) is 0 Å². The van der Waals surface area contributed by atoms with Crippen LogP contribution < -0.4 is 21.5 Å². The molecule has 0 saturated carbocycles. The van der Waals surface area contributed by atoms with Crippen LogP contribution in [-0.2, 0) is 0 Å². The predicted octanol–water partition coefficient (Wildman–Crippen LogP) is 1.06. The Kier molecular flexibility index (Phi) is 5.09. The zero-order chi connectivity index (χ0) is 18.5. The topological polar surface area (TPSA) is 134 Å². The monoisotopic (exact) mass is 353 g/mol. The van der Waals surface area contributed by atoms with Crippen LogP contribution in [0.5, 0.6) is 5.75 Å². The van der Waals surface area contributed by atoms with Gasteiger partial charge < -0.3 is 21.5 Å². The molecule has 134 valence electrons. The fraction of sp³-hybridized carbons (Fsp3) is 0.176. The minimum absolute atomic E-state index is 0.0587. The van der Waals surface area contributed by atoms with Gasteiger partial charge in [0.15, 0.2) is 11.5 Å². The van der Waals surface area contributed by atoms with Crippen molar-refractivity contribution in [3.8, 4) is 5.75 Å². The number of hydrogen-bond donors (Lipinski definition) is 3. The molecule has 0 saturated heterocycles. The van der Waals surface area contributed by atoms with E-state index < -0.39 is 5.91 Å². The van der Waals surface area contributed by atoms with Gasteiger partial charge in [-0.1, -0.05) is 12.1 Å². The number of rotatable bonds is 6. The second-order valence-corrected chi connectivity index (χ2v) is 5.48. The maximum absolute atomic E-state index is 12.3. The Bertz CT molecular complexity index is 909. The molecule has 0 radical (unpaired) electrons. The van der Waals surface area contributed by atoms with Crippen molar-refractivity contribution in [3.63, 3.8) is 0 Å². The molecule has 0 aliphatic heterocycles. The number of nitrogens with two attached hydrogens (primary N) is 2. The third-order valence-corrected chi connectivity index (χ3v) is 3.82. The SMILES string of the molecule is COc1cccc(C(CN)n2cc(NC(=O)c3nccnc3N)cn2)c1. The maximum Gasteiger partial charge on any atom is 0.278 e. The molecule has 0 aliphatic rings. The van der Waals surface area contributed by atoms with E-state index in [9.17, 15) is 4.79 Å². The standard InChI is InChI=1S/C17H19N7O2/c1-26-13-4-2-3-11(7-13)14(8-18)24-10-12(9-22-24)23-17(25)15-16(19)21-6-5-20-15/h2-7,9-10,14H,8,18H2,1H3,(H2,19,21)(H,23,25). The normalized spacial score (nSPS) is 11.8. The van der Waals surface area contributed by atoms with Gasteiger partial charge in [-0.3, -0.25) is 9.48 Å². The summed E-state index contributed by atoms with van der Waals surface area (Å²) in [6, 6.07) is 7.40. The molecule has 2 heterocycles. The fourth-order valence-electron chi connectivity index (χ4n) is 2.53. The first-order valence-electron chi connectivity index (χ1n) is 7.88. The number of ether oxygens (including phenoxy) is 1. The zero-order valence-corrected chi connectivity index (χ0v) is 14.2. The molecule has 0 bridgehead atoms. The van der Waals surface area contributed by atoms with Crippen molar-refractivity contribution >= 4 is 17.4 Å². The van der Waals surface area contributed by atoms with E-state index >= 15 is 0 Å². The Morgan fingerprint density at radius 3 is 2.88 bits per heavy atom. The van der Waals surface area contributed by atoms with Crippen molar-refractivity contribution in [3.05, 3.63) is 60.3 Å². The van der Waals surface area contributed by atoms with Crippen molar-refractivity contribution in [2.45, 2.75) is 6.04 Å². The fourth-order valence-corrected chi connectivity index (χ4v) is 2.53. The first-order valence-corrected chi connectivity index (χ1v) is 7.88. The first kappa shape index (κ1) is 17.4. The highest BCUT2D eigenvalue weighted by molar-refractivity contribution is 6.05. The number of amides is 1. The van der Waals surface area contributed by atoms with Crippen molar-refractivity contribution in [2.24, 2.45) is 5.73 Å². The number of nitrogens with one attached hydrogen (secondary N) is 1. The zero-order valence-electron chi connectivity index (χ0n) is 14.2. The summed E-state index contributed by atoms with van der Waals surface area (Å²) in [6.45, 7) is 0.333. The minimum atomic E-state index is -0.458. The first-order chi connectivity index (χ1) is 12.6. The van der Waals surface area contributed by atoms with Crippen LogP contribution in [0.1, 0.15) is 22.1 Å². The van der Waals surface area contributed by atoms with Gasteiger partial charge in [0.25, 0.3) is 5.91 Å². The van der Waals surface area contributed by atoms with Crippen LogP contribution in [-0.4, -0.2) is 39.3 Å². The third-order valence-electron chi connectivity index (χ3n) is 3.82. The summed E-state index contributed by atoms with van der Waals surface area (Å²) in [4.78, 5) is 20.1. The molecule has 9 heteroatoms. The Hall–Kier alpha value is -3.46. The molecule has 1 unspecified atom stereocenters. The molecule has 1 atom stereocenters. The van der Waals surface area contributed by atoms with E-state index in [1.807, 2.05) is 24.3 Å². The van der Waals surface area contributed by atoms with Gasteiger partial charge in [0, 0.05) is 25.1 Å². The number of nitrogens with zero attached hydrogens (tertiary/aromatic N) is 4. The molecule has 1 amide bonds. The van der Waals surface area contributed by atoms with Gasteiger partial charge in [0.1, 0.15) is 5.75 Å². The summed E-state index contributed by atoms with van der Waals surface area (Å²) >= 11 is 0. The predicted molar refractivity (Wildman–Crippen MR) is 96.8 cm³/mol. The molecule has 0 fully saturated rings. The average molecular weight is 353 g/mol. The lowest BCUT2D eigenvalue weighted by Crippen LogP contribution is -2.21. The van der Waals surface area contributed by atoms with E-state index in [1.165, 1.54) is 18.6 Å². The highest BCUT2D eigenvalue weighted by Crippen LogP contribution is 2.22. The molecule has 5 N–H and O–H groups in total.